The Morgan fingerprint density at radius 1 is 1.10 bits per heavy atom. The van der Waals surface area contributed by atoms with Gasteiger partial charge in [-0.25, -0.2) is 0 Å². The van der Waals surface area contributed by atoms with Crippen LogP contribution in [0.5, 0.6) is 0 Å². The monoisotopic (exact) mass is 394 g/mol. The second-order valence-electron chi connectivity index (χ2n) is 7.21. The van der Waals surface area contributed by atoms with Crippen molar-refractivity contribution in [1.29, 1.82) is 0 Å². The molecule has 8 nitrogen and oxygen atoms in total. The predicted molar refractivity (Wildman–Crippen MR) is 113 cm³/mol. The van der Waals surface area contributed by atoms with Crippen molar-refractivity contribution in [2.24, 2.45) is 0 Å². The SMILES string of the molecule is CCCN1CCN(c2ccc(Nc3nnc(Cc4ccco4)c(=O)[nH]3)cc2)CC1. The molecule has 1 aromatic carbocycles. The van der Waals surface area contributed by atoms with Gasteiger partial charge in [-0.1, -0.05) is 6.92 Å². The second kappa shape index (κ2) is 8.91. The lowest BCUT2D eigenvalue weighted by Gasteiger charge is -2.36. The first-order chi connectivity index (χ1) is 14.2. The van der Waals surface area contributed by atoms with Crippen molar-refractivity contribution in [3.8, 4) is 0 Å². The van der Waals surface area contributed by atoms with Gasteiger partial charge in [-0.05, 0) is 49.4 Å². The third-order valence-electron chi connectivity index (χ3n) is 5.09. The molecule has 0 radical (unpaired) electrons. The summed E-state index contributed by atoms with van der Waals surface area (Å²) < 4.78 is 5.25. The van der Waals surface area contributed by atoms with Crippen LogP contribution in [0.3, 0.4) is 0 Å². The summed E-state index contributed by atoms with van der Waals surface area (Å²) in [5, 5.41) is 11.2. The standard InChI is InChI=1S/C21H26N6O2/c1-2-9-26-10-12-27(13-11-26)17-7-5-16(6-8-17)22-21-23-20(28)19(24-25-21)15-18-4-3-14-29-18/h3-8,14H,2,9-13,15H2,1H3,(H2,22,23,25,28). The number of aromatic amines is 1. The number of hydrogen-bond acceptors (Lipinski definition) is 7. The first-order valence-electron chi connectivity index (χ1n) is 10.0. The van der Waals surface area contributed by atoms with Gasteiger partial charge in [0.1, 0.15) is 11.5 Å². The highest BCUT2D eigenvalue weighted by molar-refractivity contribution is 5.59. The Labute approximate surface area is 169 Å². The van der Waals surface area contributed by atoms with E-state index >= 15 is 0 Å². The van der Waals surface area contributed by atoms with E-state index in [1.807, 2.05) is 12.1 Å². The van der Waals surface area contributed by atoms with Gasteiger partial charge in [0.15, 0.2) is 0 Å². The van der Waals surface area contributed by atoms with E-state index in [1.165, 1.54) is 18.7 Å². The fraction of sp³-hybridized carbons (Fsp3) is 0.381. The lowest BCUT2D eigenvalue weighted by atomic mass is 10.2. The molecule has 3 heterocycles. The normalized spacial score (nSPS) is 14.9. The number of aromatic nitrogens is 3. The van der Waals surface area contributed by atoms with Gasteiger partial charge in [0, 0.05) is 37.6 Å². The fourth-order valence-electron chi connectivity index (χ4n) is 3.55. The van der Waals surface area contributed by atoms with E-state index in [2.05, 4.69) is 49.4 Å². The van der Waals surface area contributed by atoms with Crippen LogP contribution in [0.15, 0.2) is 51.9 Å². The van der Waals surface area contributed by atoms with E-state index in [1.54, 1.807) is 18.4 Å². The van der Waals surface area contributed by atoms with Crippen LogP contribution >= 0.6 is 0 Å². The van der Waals surface area contributed by atoms with Gasteiger partial charge in [0.25, 0.3) is 5.56 Å². The molecule has 29 heavy (non-hydrogen) atoms. The molecule has 0 bridgehead atoms. The predicted octanol–water partition coefficient (Wildman–Crippen LogP) is 2.62. The zero-order valence-corrected chi connectivity index (χ0v) is 16.6. The van der Waals surface area contributed by atoms with Crippen LogP contribution in [0.1, 0.15) is 24.8 Å². The van der Waals surface area contributed by atoms with Crippen LogP contribution in [-0.2, 0) is 6.42 Å². The van der Waals surface area contributed by atoms with Gasteiger partial charge < -0.3 is 14.6 Å². The number of anilines is 3. The molecule has 2 N–H and O–H groups in total. The van der Waals surface area contributed by atoms with E-state index in [4.69, 9.17) is 4.42 Å². The molecule has 4 rings (SSSR count). The Hall–Kier alpha value is -3.13. The van der Waals surface area contributed by atoms with Crippen LogP contribution < -0.4 is 15.8 Å². The molecule has 0 amide bonds. The van der Waals surface area contributed by atoms with Gasteiger partial charge in [0.2, 0.25) is 5.95 Å². The first kappa shape index (κ1) is 19.2. The minimum absolute atomic E-state index is 0.277. The zero-order chi connectivity index (χ0) is 20.1. The molecule has 3 aromatic rings. The van der Waals surface area contributed by atoms with Gasteiger partial charge >= 0.3 is 0 Å². The average Bonchev–Trinajstić information content (AvgIpc) is 3.25. The Morgan fingerprint density at radius 3 is 2.55 bits per heavy atom. The van der Waals surface area contributed by atoms with Crippen LogP contribution in [0.4, 0.5) is 17.3 Å². The quantitative estimate of drug-likeness (QED) is 0.637. The van der Waals surface area contributed by atoms with Crippen LogP contribution in [0, 0.1) is 0 Å². The maximum Gasteiger partial charge on any atom is 0.274 e. The number of piperazine rings is 1. The lowest BCUT2D eigenvalue weighted by molar-refractivity contribution is 0.258. The third kappa shape index (κ3) is 4.83. The minimum Gasteiger partial charge on any atom is -0.469 e. The number of nitrogens with one attached hydrogen (secondary N) is 2. The third-order valence-corrected chi connectivity index (χ3v) is 5.09. The number of nitrogens with zero attached hydrogens (tertiary/aromatic N) is 4. The smallest absolute Gasteiger partial charge is 0.274 e. The Morgan fingerprint density at radius 2 is 1.90 bits per heavy atom. The highest BCUT2D eigenvalue weighted by Gasteiger charge is 2.16. The van der Waals surface area contributed by atoms with Crippen molar-refractivity contribution in [1.82, 2.24) is 20.1 Å². The van der Waals surface area contributed by atoms with Crippen molar-refractivity contribution < 1.29 is 4.42 Å². The van der Waals surface area contributed by atoms with Crippen molar-refractivity contribution >= 4 is 17.3 Å². The number of hydrogen-bond donors (Lipinski definition) is 2. The Bertz CT molecular complexity index is 960. The molecule has 152 valence electrons. The molecule has 8 heteroatoms. The van der Waals surface area contributed by atoms with Crippen molar-refractivity contribution in [2.45, 2.75) is 19.8 Å². The summed E-state index contributed by atoms with van der Waals surface area (Å²) in [5.41, 5.74) is 2.10. The summed E-state index contributed by atoms with van der Waals surface area (Å²) in [6.07, 6.45) is 3.09. The van der Waals surface area contributed by atoms with E-state index < -0.39 is 0 Å². The first-order valence-corrected chi connectivity index (χ1v) is 10.0. The Balaban J connectivity index is 1.36. The average molecular weight is 394 g/mol. The second-order valence-corrected chi connectivity index (χ2v) is 7.21. The van der Waals surface area contributed by atoms with E-state index in [0.717, 1.165) is 31.9 Å². The Kier molecular flexibility index (Phi) is 5.90. The summed E-state index contributed by atoms with van der Waals surface area (Å²) in [7, 11) is 0. The maximum absolute atomic E-state index is 12.2. The minimum atomic E-state index is -0.277. The summed E-state index contributed by atoms with van der Waals surface area (Å²) in [5.74, 6) is 0.996. The molecule has 0 unspecified atom stereocenters. The molecule has 0 aliphatic carbocycles. The van der Waals surface area contributed by atoms with Crippen LogP contribution in [-0.4, -0.2) is 52.8 Å². The van der Waals surface area contributed by atoms with Crippen molar-refractivity contribution in [2.75, 3.05) is 42.9 Å². The molecular formula is C21H26N6O2. The van der Waals surface area contributed by atoms with Gasteiger partial charge in [-0.3, -0.25) is 14.7 Å². The number of H-pyrrole nitrogens is 1. The molecular weight excluding hydrogens is 368 g/mol. The lowest BCUT2D eigenvalue weighted by Crippen LogP contribution is -2.46. The number of furan rings is 1. The largest absolute Gasteiger partial charge is 0.469 e. The highest BCUT2D eigenvalue weighted by atomic mass is 16.3. The van der Waals surface area contributed by atoms with Crippen molar-refractivity contribution in [3.05, 3.63) is 64.5 Å². The van der Waals surface area contributed by atoms with E-state index in [0.29, 0.717) is 23.8 Å². The summed E-state index contributed by atoms with van der Waals surface area (Å²) in [6.45, 7) is 7.70. The number of rotatable bonds is 7. The van der Waals surface area contributed by atoms with Gasteiger partial charge in [-0.2, -0.15) is 0 Å². The molecule has 1 aliphatic heterocycles. The summed E-state index contributed by atoms with van der Waals surface area (Å²) >= 11 is 0. The summed E-state index contributed by atoms with van der Waals surface area (Å²) in [4.78, 5) is 19.9. The molecule has 0 atom stereocenters. The van der Waals surface area contributed by atoms with E-state index in [9.17, 15) is 4.79 Å². The molecule has 2 aromatic heterocycles. The number of benzene rings is 1. The fourth-order valence-corrected chi connectivity index (χ4v) is 3.55. The van der Waals surface area contributed by atoms with Crippen molar-refractivity contribution in [3.63, 3.8) is 0 Å². The zero-order valence-electron chi connectivity index (χ0n) is 16.6. The van der Waals surface area contributed by atoms with Gasteiger partial charge in [0.05, 0.1) is 12.7 Å². The molecule has 1 aliphatic rings. The van der Waals surface area contributed by atoms with E-state index in [-0.39, 0.29) is 5.56 Å². The highest BCUT2D eigenvalue weighted by Crippen LogP contribution is 2.21. The maximum atomic E-state index is 12.2. The molecule has 0 saturated carbocycles. The van der Waals surface area contributed by atoms with Crippen LogP contribution in [0.25, 0.3) is 0 Å². The summed E-state index contributed by atoms with van der Waals surface area (Å²) in [6, 6.07) is 11.7. The molecule has 0 spiro atoms. The van der Waals surface area contributed by atoms with Gasteiger partial charge in [-0.15, -0.1) is 10.2 Å². The molecule has 1 fully saturated rings. The molecule has 1 saturated heterocycles. The van der Waals surface area contributed by atoms with Crippen LogP contribution in [0.2, 0.25) is 0 Å². The topological polar surface area (TPSA) is 90.3 Å².